The van der Waals surface area contributed by atoms with Gasteiger partial charge in [0.25, 0.3) is 0 Å². The van der Waals surface area contributed by atoms with Crippen LogP contribution in [0, 0.1) is 0 Å². The topological polar surface area (TPSA) is 57.7 Å². The standard InChI is InChI=1S/C15H20N2O3S/c1-16-8-9-17(11-15(16)18)21(19,20)14-7-6-12-4-2-3-5-13(12)10-14/h6-7,10H,2-5,8-9,11H2,1H3. The number of benzene rings is 1. The molecule has 0 atom stereocenters. The molecular weight excluding hydrogens is 288 g/mol. The summed E-state index contributed by atoms with van der Waals surface area (Å²) in [6, 6.07) is 5.41. The highest BCUT2D eigenvalue weighted by molar-refractivity contribution is 7.89. The van der Waals surface area contributed by atoms with Crippen molar-refractivity contribution in [1.29, 1.82) is 0 Å². The van der Waals surface area contributed by atoms with Gasteiger partial charge in [-0.05, 0) is 48.9 Å². The van der Waals surface area contributed by atoms with Crippen molar-refractivity contribution in [3.05, 3.63) is 29.3 Å². The highest BCUT2D eigenvalue weighted by Gasteiger charge is 2.31. The lowest BCUT2D eigenvalue weighted by atomic mass is 9.92. The molecule has 0 saturated carbocycles. The molecule has 1 aliphatic heterocycles. The molecule has 1 fully saturated rings. The molecule has 1 saturated heterocycles. The minimum absolute atomic E-state index is 0.0596. The van der Waals surface area contributed by atoms with E-state index in [9.17, 15) is 13.2 Å². The van der Waals surface area contributed by atoms with Crippen LogP contribution in [0.5, 0.6) is 0 Å². The monoisotopic (exact) mass is 308 g/mol. The van der Waals surface area contributed by atoms with E-state index in [-0.39, 0.29) is 12.5 Å². The fraction of sp³-hybridized carbons (Fsp3) is 0.533. The summed E-state index contributed by atoms with van der Waals surface area (Å²) in [7, 11) is -1.87. The summed E-state index contributed by atoms with van der Waals surface area (Å²) in [6.45, 7) is 0.751. The first kappa shape index (κ1) is 14.5. The summed E-state index contributed by atoms with van der Waals surface area (Å²) < 4.78 is 26.7. The fourth-order valence-corrected chi connectivity index (χ4v) is 4.39. The third kappa shape index (κ3) is 2.70. The van der Waals surface area contributed by atoms with E-state index in [4.69, 9.17) is 0 Å². The maximum atomic E-state index is 12.7. The number of sulfonamides is 1. The molecule has 1 heterocycles. The number of fused-ring (bicyclic) bond motifs is 1. The second-order valence-corrected chi connectivity index (χ2v) is 7.73. The number of piperazine rings is 1. The normalized spacial score (nSPS) is 20.4. The van der Waals surface area contributed by atoms with Crippen molar-refractivity contribution in [2.75, 3.05) is 26.7 Å². The maximum Gasteiger partial charge on any atom is 0.243 e. The Bertz CT molecular complexity index is 669. The van der Waals surface area contributed by atoms with Gasteiger partial charge in [0.05, 0.1) is 11.4 Å². The van der Waals surface area contributed by atoms with Gasteiger partial charge in [0, 0.05) is 20.1 Å². The molecule has 0 spiro atoms. The highest BCUT2D eigenvalue weighted by Crippen LogP contribution is 2.26. The van der Waals surface area contributed by atoms with Crippen LogP contribution in [0.25, 0.3) is 0 Å². The van der Waals surface area contributed by atoms with Gasteiger partial charge in [-0.15, -0.1) is 0 Å². The largest absolute Gasteiger partial charge is 0.343 e. The molecule has 3 rings (SSSR count). The van der Waals surface area contributed by atoms with E-state index in [1.807, 2.05) is 6.07 Å². The Hall–Kier alpha value is -1.40. The molecular formula is C15H20N2O3S. The van der Waals surface area contributed by atoms with Crippen molar-refractivity contribution in [3.63, 3.8) is 0 Å². The Labute approximate surface area is 125 Å². The molecule has 0 aromatic heterocycles. The number of nitrogens with zero attached hydrogens (tertiary/aromatic N) is 2. The summed E-state index contributed by atoms with van der Waals surface area (Å²) in [5.74, 6) is -0.150. The van der Waals surface area contributed by atoms with E-state index in [1.165, 1.54) is 16.3 Å². The Morgan fingerprint density at radius 1 is 1.05 bits per heavy atom. The average Bonchev–Trinajstić information content (AvgIpc) is 2.49. The zero-order valence-electron chi connectivity index (χ0n) is 12.2. The molecule has 21 heavy (non-hydrogen) atoms. The van der Waals surface area contributed by atoms with Gasteiger partial charge in [-0.25, -0.2) is 8.42 Å². The molecule has 1 aliphatic carbocycles. The van der Waals surface area contributed by atoms with Crippen LogP contribution >= 0.6 is 0 Å². The van der Waals surface area contributed by atoms with Gasteiger partial charge in [-0.3, -0.25) is 4.79 Å². The molecule has 1 aromatic rings. The Morgan fingerprint density at radius 2 is 1.76 bits per heavy atom. The number of likely N-dealkylation sites (N-methyl/N-ethyl adjacent to an activating group) is 1. The van der Waals surface area contributed by atoms with Crippen molar-refractivity contribution in [1.82, 2.24) is 9.21 Å². The molecule has 1 amide bonds. The number of carbonyl (C=O) groups is 1. The van der Waals surface area contributed by atoms with Crippen molar-refractivity contribution in [3.8, 4) is 0 Å². The quantitative estimate of drug-likeness (QED) is 0.820. The van der Waals surface area contributed by atoms with E-state index < -0.39 is 10.0 Å². The SMILES string of the molecule is CN1CCN(S(=O)(=O)c2ccc3c(c2)CCCC3)CC1=O. The lowest BCUT2D eigenvalue weighted by molar-refractivity contribution is -0.132. The van der Waals surface area contributed by atoms with Crippen LogP contribution in [0.15, 0.2) is 23.1 Å². The van der Waals surface area contributed by atoms with Crippen LogP contribution in [0.1, 0.15) is 24.0 Å². The summed E-state index contributed by atoms with van der Waals surface area (Å²) in [5.41, 5.74) is 2.40. The van der Waals surface area contributed by atoms with Gasteiger partial charge in [-0.1, -0.05) is 6.07 Å². The van der Waals surface area contributed by atoms with E-state index in [0.717, 1.165) is 24.8 Å². The molecule has 5 nitrogen and oxygen atoms in total. The Morgan fingerprint density at radius 3 is 2.48 bits per heavy atom. The van der Waals surface area contributed by atoms with Gasteiger partial charge in [0.15, 0.2) is 0 Å². The second kappa shape index (κ2) is 5.42. The van der Waals surface area contributed by atoms with Gasteiger partial charge in [-0.2, -0.15) is 4.31 Å². The third-order valence-corrected chi connectivity index (χ3v) is 6.22. The molecule has 114 valence electrons. The predicted molar refractivity (Wildman–Crippen MR) is 79.5 cm³/mol. The molecule has 2 aliphatic rings. The minimum atomic E-state index is -3.57. The van der Waals surface area contributed by atoms with E-state index in [1.54, 1.807) is 24.1 Å². The van der Waals surface area contributed by atoms with Crippen LogP contribution in [0.2, 0.25) is 0 Å². The van der Waals surface area contributed by atoms with Crippen molar-refractivity contribution < 1.29 is 13.2 Å². The van der Waals surface area contributed by atoms with Crippen LogP contribution in [-0.4, -0.2) is 50.2 Å². The first-order valence-electron chi connectivity index (χ1n) is 7.34. The zero-order valence-corrected chi connectivity index (χ0v) is 13.0. The van der Waals surface area contributed by atoms with Crippen molar-refractivity contribution in [2.24, 2.45) is 0 Å². The summed E-state index contributed by atoms with van der Waals surface area (Å²) in [6.07, 6.45) is 4.26. The maximum absolute atomic E-state index is 12.7. The molecule has 0 bridgehead atoms. The van der Waals surface area contributed by atoms with Gasteiger partial charge >= 0.3 is 0 Å². The fourth-order valence-electron chi connectivity index (χ4n) is 2.96. The molecule has 0 radical (unpaired) electrons. The molecule has 0 unspecified atom stereocenters. The second-order valence-electron chi connectivity index (χ2n) is 5.79. The first-order valence-corrected chi connectivity index (χ1v) is 8.78. The van der Waals surface area contributed by atoms with E-state index in [2.05, 4.69) is 0 Å². The van der Waals surface area contributed by atoms with Crippen molar-refractivity contribution >= 4 is 15.9 Å². The third-order valence-electron chi connectivity index (χ3n) is 4.38. The van der Waals surface area contributed by atoms with Crippen LogP contribution in [-0.2, 0) is 27.7 Å². The minimum Gasteiger partial charge on any atom is -0.343 e. The molecule has 0 N–H and O–H groups in total. The van der Waals surface area contributed by atoms with Crippen LogP contribution in [0.4, 0.5) is 0 Å². The Kier molecular flexibility index (Phi) is 3.75. The number of amides is 1. The average molecular weight is 308 g/mol. The smallest absolute Gasteiger partial charge is 0.243 e. The number of hydrogen-bond acceptors (Lipinski definition) is 3. The number of rotatable bonds is 2. The zero-order chi connectivity index (χ0) is 15.0. The number of carbonyl (C=O) groups excluding carboxylic acids is 1. The molecule has 1 aromatic carbocycles. The van der Waals surface area contributed by atoms with Gasteiger partial charge < -0.3 is 4.90 Å². The molecule has 6 heteroatoms. The summed E-state index contributed by atoms with van der Waals surface area (Å²) >= 11 is 0. The van der Waals surface area contributed by atoms with Gasteiger partial charge in [0.2, 0.25) is 15.9 Å². The first-order chi connectivity index (χ1) is 9.98. The van der Waals surface area contributed by atoms with E-state index >= 15 is 0 Å². The number of aryl methyl sites for hydroxylation is 2. The number of hydrogen-bond donors (Lipinski definition) is 0. The van der Waals surface area contributed by atoms with Crippen molar-refractivity contribution in [2.45, 2.75) is 30.6 Å². The van der Waals surface area contributed by atoms with Crippen LogP contribution in [0.3, 0.4) is 0 Å². The lowest BCUT2D eigenvalue weighted by Gasteiger charge is -2.31. The lowest BCUT2D eigenvalue weighted by Crippen LogP contribution is -2.50. The Balaban J connectivity index is 1.90. The summed E-state index contributed by atoms with van der Waals surface area (Å²) in [5, 5.41) is 0. The van der Waals surface area contributed by atoms with Gasteiger partial charge in [0.1, 0.15) is 0 Å². The predicted octanol–water partition coefficient (Wildman–Crippen LogP) is 1.03. The van der Waals surface area contributed by atoms with Crippen LogP contribution < -0.4 is 0 Å². The highest BCUT2D eigenvalue weighted by atomic mass is 32.2. The summed E-state index contributed by atoms with van der Waals surface area (Å²) in [4.78, 5) is 13.6. The van der Waals surface area contributed by atoms with E-state index in [0.29, 0.717) is 18.0 Å².